The van der Waals surface area contributed by atoms with E-state index < -0.39 is 0 Å². The summed E-state index contributed by atoms with van der Waals surface area (Å²) in [4.78, 5) is 8.15. The zero-order valence-corrected chi connectivity index (χ0v) is 16.5. The van der Waals surface area contributed by atoms with Gasteiger partial charge in [0, 0.05) is 56.9 Å². The SMILES string of the molecule is CC(C)N[C@H]1C[C@@H](N2CCN(CC3CCN(C(C)C)CC3)CC2)C1. The molecule has 2 heterocycles. The molecule has 2 saturated heterocycles. The van der Waals surface area contributed by atoms with Gasteiger partial charge in [0.05, 0.1) is 0 Å². The van der Waals surface area contributed by atoms with E-state index in [1.807, 2.05) is 0 Å². The number of likely N-dealkylation sites (tertiary alicyclic amines) is 1. The molecule has 3 fully saturated rings. The predicted octanol–water partition coefficient (Wildman–Crippen LogP) is 2.25. The normalized spacial score (nSPS) is 31.8. The summed E-state index contributed by atoms with van der Waals surface area (Å²) in [5.41, 5.74) is 0. The molecular weight excluding hydrogens is 296 g/mol. The van der Waals surface area contributed by atoms with Gasteiger partial charge in [-0.2, -0.15) is 0 Å². The third-order valence-electron chi connectivity index (χ3n) is 6.50. The van der Waals surface area contributed by atoms with E-state index >= 15 is 0 Å². The summed E-state index contributed by atoms with van der Waals surface area (Å²) in [6.07, 6.45) is 5.55. The smallest absolute Gasteiger partial charge is 0.0126 e. The van der Waals surface area contributed by atoms with Crippen molar-refractivity contribution in [3.63, 3.8) is 0 Å². The van der Waals surface area contributed by atoms with Crippen LogP contribution in [0.15, 0.2) is 0 Å². The second kappa shape index (κ2) is 8.48. The lowest BCUT2D eigenvalue weighted by atomic mass is 9.84. The third-order valence-corrected chi connectivity index (χ3v) is 6.50. The third kappa shape index (κ3) is 4.94. The number of hydrogen-bond acceptors (Lipinski definition) is 4. The summed E-state index contributed by atoms with van der Waals surface area (Å²) in [6.45, 7) is 18.4. The first kappa shape index (κ1) is 18.6. The standard InChI is InChI=1S/C20H40N4/c1-16(2)21-19-13-20(14-19)24-11-9-22(10-12-24)15-18-5-7-23(8-6-18)17(3)4/h16-21H,5-15H2,1-4H3/t19-,20+. The van der Waals surface area contributed by atoms with Gasteiger partial charge in [0.2, 0.25) is 0 Å². The van der Waals surface area contributed by atoms with Crippen LogP contribution in [-0.4, -0.2) is 84.7 Å². The van der Waals surface area contributed by atoms with Gasteiger partial charge >= 0.3 is 0 Å². The number of nitrogens with zero attached hydrogens (tertiary/aromatic N) is 3. The van der Waals surface area contributed by atoms with Gasteiger partial charge < -0.3 is 15.1 Å². The fourth-order valence-corrected chi connectivity index (χ4v) is 4.82. The Labute approximate surface area is 149 Å². The van der Waals surface area contributed by atoms with Gasteiger partial charge in [-0.1, -0.05) is 13.8 Å². The highest BCUT2D eigenvalue weighted by Crippen LogP contribution is 2.27. The minimum absolute atomic E-state index is 0.634. The molecule has 3 rings (SSSR count). The lowest BCUT2D eigenvalue weighted by Crippen LogP contribution is -2.58. The van der Waals surface area contributed by atoms with Crippen molar-refractivity contribution in [2.24, 2.45) is 5.92 Å². The maximum atomic E-state index is 3.68. The van der Waals surface area contributed by atoms with Crippen LogP contribution in [0.3, 0.4) is 0 Å². The van der Waals surface area contributed by atoms with Crippen molar-refractivity contribution in [2.75, 3.05) is 45.8 Å². The summed E-state index contributed by atoms with van der Waals surface area (Å²) in [7, 11) is 0. The quantitative estimate of drug-likeness (QED) is 0.803. The minimum Gasteiger partial charge on any atom is -0.312 e. The van der Waals surface area contributed by atoms with Gasteiger partial charge in [0.25, 0.3) is 0 Å². The van der Waals surface area contributed by atoms with Crippen LogP contribution in [0.2, 0.25) is 0 Å². The predicted molar refractivity (Wildman–Crippen MR) is 103 cm³/mol. The van der Waals surface area contributed by atoms with Crippen molar-refractivity contribution in [1.29, 1.82) is 0 Å². The summed E-state index contributed by atoms with van der Waals surface area (Å²) >= 11 is 0. The second-order valence-corrected chi connectivity index (χ2v) is 9.05. The minimum atomic E-state index is 0.634. The van der Waals surface area contributed by atoms with Crippen molar-refractivity contribution >= 4 is 0 Å². The second-order valence-electron chi connectivity index (χ2n) is 9.05. The summed E-state index contributed by atoms with van der Waals surface area (Å²) < 4.78 is 0. The molecule has 0 bridgehead atoms. The van der Waals surface area contributed by atoms with Crippen LogP contribution in [0.25, 0.3) is 0 Å². The fourth-order valence-electron chi connectivity index (χ4n) is 4.82. The molecule has 3 aliphatic rings. The molecule has 0 aromatic carbocycles. The molecule has 0 aromatic heterocycles. The lowest BCUT2D eigenvalue weighted by Gasteiger charge is -2.47. The summed E-state index contributed by atoms with van der Waals surface area (Å²) in [6, 6.07) is 3.00. The molecular formula is C20H40N4. The van der Waals surface area contributed by atoms with Gasteiger partial charge in [-0.3, -0.25) is 4.90 Å². The fraction of sp³-hybridized carbons (Fsp3) is 1.00. The first-order chi connectivity index (χ1) is 11.5. The van der Waals surface area contributed by atoms with Crippen LogP contribution in [-0.2, 0) is 0 Å². The van der Waals surface area contributed by atoms with E-state index in [0.717, 1.165) is 24.0 Å². The van der Waals surface area contributed by atoms with E-state index in [4.69, 9.17) is 0 Å². The molecule has 1 N–H and O–H groups in total. The van der Waals surface area contributed by atoms with E-state index in [0.29, 0.717) is 6.04 Å². The first-order valence-electron chi connectivity index (χ1n) is 10.5. The average Bonchev–Trinajstić information content (AvgIpc) is 2.52. The molecule has 140 valence electrons. The van der Waals surface area contributed by atoms with E-state index in [-0.39, 0.29) is 0 Å². The molecule has 2 aliphatic heterocycles. The molecule has 1 saturated carbocycles. The zero-order valence-electron chi connectivity index (χ0n) is 16.5. The van der Waals surface area contributed by atoms with Gasteiger partial charge in [0.15, 0.2) is 0 Å². The van der Waals surface area contributed by atoms with Gasteiger partial charge in [-0.15, -0.1) is 0 Å². The molecule has 0 radical (unpaired) electrons. The zero-order chi connectivity index (χ0) is 17.1. The van der Waals surface area contributed by atoms with Crippen LogP contribution in [0.4, 0.5) is 0 Å². The van der Waals surface area contributed by atoms with Crippen molar-refractivity contribution < 1.29 is 0 Å². The molecule has 0 spiro atoms. The van der Waals surface area contributed by atoms with Crippen LogP contribution >= 0.6 is 0 Å². The Kier molecular flexibility index (Phi) is 6.58. The van der Waals surface area contributed by atoms with Gasteiger partial charge in [0.1, 0.15) is 0 Å². The number of hydrogen-bond donors (Lipinski definition) is 1. The molecule has 0 aromatic rings. The van der Waals surface area contributed by atoms with Crippen molar-refractivity contribution in [3.05, 3.63) is 0 Å². The number of rotatable bonds is 6. The number of nitrogens with one attached hydrogen (secondary N) is 1. The van der Waals surface area contributed by atoms with Crippen molar-refractivity contribution in [3.8, 4) is 0 Å². The van der Waals surface area contributed by atoms with Gasteiger partial charge in [-0.05, 0) is 58.5 Å². The van der Waals surface area contributed by atoms with E-state index in [2.05, 4.69) is 47.7 Å². The van der Waals surface area contributed by atoms with Crippen molar-refractivity contribution in [1.82, 2.24) is 20.0 Å². The summed E-state index contributed by atoms with van der Waals surface area (Å²) in [5, 5.41) is 3.68. The molecule has 0 atom stereocenters. The molecule has 4 nitrogen and oxygen atoms in total. The Morgan fingerprint density at radius 1 is 0.875 bits per heavy atom. The van der Waals surface area contributed by atoms with Crippen molar-refractivity contribution in [2.45, 2.75) is 77.5 Å². The van der Waals surface area contributed by atoms with Crippen LogP contribution in [0.1, 0.15) is 53.4 Å². The largest absolute Gasteiger partial charge is 0.312 e. The molecule has 0 amide bonds. The van der Waals surface area contributed by atoms with Crippen LogP contribution < -0.4 is 5.32 Å². The maximum Gasteiger partial charge on any atom is 0.0126 e. The Morgan fingerprint density at radius 3 is 2.04 bits per heavy atom. The molecule has 24 heavy (non-hydrogen) atoms. The lowest BCUT2D eigenvalue weighted by molar-refractivity contribution is 0.0325. The first-order valence-corrected chi connectivity index (χ1v) is 10.5. The summed E-state index contributed by atoms with van der Waals surface area (Å²) in [5.74, 6) is 0.940. The molecule has 1 aliphatic carbocycles. The monoisotopic (exact) mass is 336 g/mol. The van der Waals surface area contributed by atoms with E-state index in [1.54, 1.807) is 0 Å². The Hall–Kier alpha value is -0.160. The molecule has 4 heteroatoms. The van der Waals surface area contributed by atoms with Gasteiger partial charge in [-0.25, -0.2) is 0 Å². The van der Waals surface area contributed by atoms with Crippen LogP contribution in [0, 0.1) is 5.92 Å². The van der Waals surface area contributed by atoms with Crippen LogP contribution in [0.5, 0.6) is 0 Å². The Balaban J connectivity index is 1.31. The maximum absolute atomic E-state index is 3.68. The van der Waals surface area contributed by atoms with E-state index in [9.17, 15) is 0 Å². The number of piperazine rings is 1. The average molecular weight is 337 g/mol. The highest BCUT2D eigenvalue weighted by atomic mass is 15.3. The topological polar surface area (TPSA) is 21.8 Å². The Bertz CT molecular complexity index is 362. The number of piperidine rings is 1. The highest BCUT2D eigenvalue weighted by molar-refractivity contribution is 4.94. The highest BCUT2D eigenvalue weighted by Gasteiger charge is 2.35. The van der Waals surface area contributed by atoms with E-state index in [1.165, 1.54) is 71.5 Å². The molecule has 0 unspecified atom stereocenters. The Morgan fingerprint density at radius 2 is 1.50 bits per heavy atom.